The lowest BCUT2D eigenvalue weighted by molar-refractivity contribution is 1.36. The average Bonchev–Trinajstić information content (AvgIpc) is 1.88. The molecule has 10 heavy (non-hydrogen) atoms. The van der Waals surface area contributed by atoms with Gasteiger partial charge in [0, 0.05) is 0 Å². The van der Waals surface area contributed by atoms with Crippen molar-refractivity contribution in [1.29, 1.82) is 0 Å². The van der Waals surface area contributed by atoms with Gasteiger partial charge in [-0.25, -0.2) is 0 Å². The largest absolute Gasteiger partial charge is 0.160 e. The van der Waals surface area contributed by atoms with Gasteiger partial charge in [0.15, 0.2) is 2.57 Å². The van der Waals surface area contributed by atoms with Crippen LogP contribution in [0.25, 0.3) is 0 Å². The lowest BCUT2D eigenvalue weighted by Gasteiger charge is -2.10. The smallest absolute Gasteiger partial charge is 0.0622 e. The lowest BCUT2D eigenvalue weighted by atomic mass is 10.2. The first-order chi connectivity index (χ1) is 4.61. The Kier molecular flexibility index (Phi) is 2.83. The van der Waals surface area contributed by atoms with E-state index < -0.39 is 2.57 Å². The number of hydrogen-bond acceptors (Lipinski definition) is 0. The lowest BCUT2D eigenvalue weighted by Crippen LogP contribution is -1.96. The molecular weight excluding hydrogens is 276 g/mol. The Hall–Kier alpha value is 0.530. The summed E-state index contributed by atoms with van der Waals surface area (Å²) in [6.45, 7) is 0. The molecule has 0 fully saturated rings. The van der Waals surface area contributed by atoms with Crippen molar-refractivity contribution in [2.75, 3.05) is 0 Å². The summed E-state index contributed by atoms with van der Waals surface area (Å²) in [7, 11) is 0. The van der Waals surface area contributed by atoms with Gasteiger partial charge in [-0.1, -0.05) is 74.8 Å². The maximum Gasteiger partial charge on any atom is 0.160 e. The third kappa shape index (κ3) is 2.29. The number of halogens is 2. The van der Waals surface area contributed by atoms with Crippen LogP contribution in [-0.4, -0.2) is 0 Å². The van der Waals surface area contributed by atoms with Crippen molar-refractivity contribution >= 4 is 44.5 Å². The fraction of sp³-hybridized carbons (Fsp3) is 0.143. The molecule has 0 spiro atoms. The van der Waals surface area contributed by atoms with E-state index in [2.05, 4.69) is 31.9 Å². The van der Waals surface area contributed by atoms with Crippen LogP contribution in [-0.2, 0) is 2.57 Å². The van der Waals surface area contributed by atoms with Crippen LogP contribution in [0.2, 0.25) is 0 Å². The van der Waals surface area contributed by atoms with Crippen LogP contribution in [0.1, 0.15) is 5.56 Å². The normalized spacial score (nSPS) is 11.5. The highest BCUT2D eigenvalue weighted by Gasteiger charge is 2.19. The second-order valence-corrected chi connectivity index (χ2v) is 6.99. The van der Waals surface area contributed by atoms with Gasteiger partial charge < -0.3 is 0 Å². The molecule has 0 saturated heterocycles. The van der Waals surface area contributed by atoms with Gasteiger partial charge in [0.1, 0.15) is 0 Å². The van der Waals surface area contributed by atoms with E-state index in [0.29, 0.717) is 0 Å². The third-order valence-corrected chi connectivity index (χ3v) is 2.26. The fourth-order valence-corrected chi connectivity index (χ4v) is 1.30. The maximum absolute atomic E-state index is 5.08. The molecule has 0 atom stereocenters. The highest BCUT2D eigenvalue weighted by atomic mass is 79.9. The van der Waals surface area contributed by atoms with Crippen molar-refractivity contribution in [2.45, 2.75) is 2.57 Å². The molecule has 0 aliphatic rings. The monoisotopic (exact) mass is 279 g/mol. The van der Waals surface area contributed by atoms with Crippen molar-refractivity contribution in [3.05, 3.63) is 35.9 Å². The first-order valence-corrected chi connectivity index (χ1v) is 4.74. The van der Waals surface area contributed by atoms with E-state index in [0.717, 1.165) is 5.56 Å². The molecule has 0 aliphatic carbocycles. The van der Waals surface area contributed by atoms with Gasteiger partial charge in [0.05, 0.1) is 0 Å². The van der Waals surface area contributed by atoms with E-state index in [4.69, 9.17) is 12.6 Å². The Morgan fingerprint density at radius 1 is 1.10 bits per heavy atom. The van der Waals surface area contributed by atoms with E-state index in [1.165, 1.54) is 0 Å². The highest BCUT2D eigenvalue weighted by molar-refractivity contribution is 9.27. The number of benzene rings is 1. The summed E-state index contributed by atoms with van der Waals surface area (Å²) >= 11 is 11.7. The molecule has 53 valence electrons. The second-order valence-electron chi connectivity index (χ2n) is 1.88. The Balaban J connectivity index is 2.97. The van der Waals surface area contributed by atoms with Crippen LogP contribution in [0.15, 0.2) is 30.3 Å². The first-order valence-electron chi connectivity index (χ1n) is 2.74. The number of hydrogen-bond donors (Lipinski definition) is 0. The van der Waals surface area contributed by atoms with Gasteiger partial charge in [0.2, 0.25) is 0 Å². The van der Waals surface area contributed by atoms with E-state index >= 15 is 0 Å². The minimum Gasteiger partial charge on any atom is -0.0622 e. The topological polar surface area (TPSA) is 0 Å². The Morgan fingerprint density at radius 2 is 1.60 bits per heavy atom. The molecule has 0 aliphatic heterocycles. The fourth-order valence-electron chi connectivity index (χ4n) is 0.632. The summed E-state index contributed by atoms with van der Waals surface area (Å²) in [6.07, 6.45) is 0. The molecule has 0 amide bonds. The van der Waals surface area contributed by atoms with Gasteiger partial charge in [-0.2, -0.15) is 0 Å². The van der Waals surface area contributed by atoms with E-state index in [9.17, 15) is 0 Å². The van der Waals surface area contributed by atoms with Crippen molar-refractivity contribution in [3.63, 3.8) is 0 Å². The van der Waals surface area contributed by atoms with Gasteiger partial charge >= 0.3 is 0 Å². The Morgan fingerprint density at radius 3 is 1.90 bits per heavy atom. The molecular formula is C7H5Br2S. The average molecular weight is 281 g/mol. The summed E-state index contributed by atoms with van der Waals surface area (Å²) in [6, 6.07) is 9.81. The SMILES string of the molecule is [S]C(Br)(Br)c1ccccc1. The Bertz CT molecular complexity index is 203. The van der Waals surface area contributed by atoms with Crippen LogP contribution in [0.5, 0.6) is 0 Å². The molecule has 0 N–H and O–H groups in total. The van der Waals surface area contributed by atoms with Gasteiger partial charge in [-0.3, -0.25) is 0 Å². The molecule has 1 radical (unpaired) electrons. The maximum atomic E-state index is 5.08. The van der Waals surface area contributed by atoms with Crippen molar-refractivity contribution in [3.8, 4) is 0 Å². The summed E-state index contributed by atoms with van der Waals surface area (Å²) in [4.78, 5) is 0. The standard InChI is InChI=1S/C7H5Br2S/c8-7(9,10)6-4-2-1-3-5-6/h1-5H. The molecule has 0 aromatic heterocycles. The molecule has 0 nitrogen and oxygen atoms in total. The van der Waals surface area contributed by atoms with Gasteiger partial charge in [-0.05, 0) is 5.56 Å². The summed E-state index contributed by atoms with van der Waals surface area (Å²) in [5.74, 6) is 0. The van der Waals surface area contributed by atoms with Crippen LogP contribution in [0.3, 0.4) is 0 Å². The minimum atomic E-state index is -0.499. The number of rotatable bonds is 1. The summed E-state index contributed by atoms with van der Waals surface area (Å²) in [5.41, 5.74) is 1.05. The Labute approximate surface area is 82.7 Å². The quantitative estimate of drug-likeness (QED) is 0.687. The van der Waals surface area contributed by atoms with Gasteiger partial charge in [0.25, 0.3) is 0 Å². The van der Waals surface area contributed by atoms with Crippen molar-refractivity contribution < 1.29 is 0 Å². The molecule has 1 aromatic carbocycles. The molecule has 1 aromatic rings. The minimum absolute atomic E-state index is 0.499. The van der Waals surface area contributed by atoms with E-state index in [-0.39, 0.29) is 0 Å². The highest BCUT2D eigenvalue weighted by Crippen LogP contribution is 2.41. The zero-order valence-corrected chi connectivity index (χ0v) is 9.04. The predicted octanol–water partition coefficient (Wildman–Crippen LogP) is 3.78. The molecule has 0 unspecified atom stereocenters. The number of alkyl halides is 2. The molecule has 0 bridgehead atoms. The van der Waals surface area contributed by atoms with Crippen LogP contribution in [0.4, 0.5) is 0 Å². The zero-order chi connectivity index (χ0) is 7.61. The summed E-state index contributed by atoms with van der Waals surface area (Å²) < 4.78 is -0.499. The van der Waals surface area contributed by atoms with Crippen LogP contribution in [0, 0.1) is 0 Å². The molecule has 0 heterocycles. The molecule has 3 heteroatoms. The van der Waals surface area contributed by atoms with Crippen LogP contribution >= 0.6 is 44.5 Å². The van der Waals surface area contributed by atoms with Crippen LogP contribution < -0.4 is 0 Å². The molecule has 0 saturated carbocycles. The second kappa shape index (κ2) is 3.28. The van der Waals surface area contributed by atoms with Crippen molar-refractivity contribution in [1.82, 2.24) is 0 Å². The third-order valence-electron chi connectivity index (χ3n) is 1.11. The van der Waals surface area contributed by atoms with Crippen molar-refractivity contribution in [2.24, 2.45) is 0 Å². The first kappa shape index (κ1) is 8.62. The molecule has 1 rings (SSSR count). The van der Waals surface area contributed by atoms with Gasteiger partial charge in [-0.15, -0.1) is 0 Å². The van der Waals surface area contributed by atoms with E-state index in [1.54, 1.807) is 0 Å². The zero-order valence-electron chi connectivity index (χ0n) is 5.05. The summed E-state index contributed by atoms with van der Waals surface area (Å²) in [5, 5.41) is 0. The predicted molar refractivity (Wildman–Crippen MR) is 53.6 cm³/mol. The van der Waals surface area contributed by atoms with E-state index in [1.807, 2.05) is 30.3 Å².